The molecule has 33 heavy (non-hydrogen) atoms. The van der Waals surface area contributed by atoms with Gasteiger partial charge < -0.3 is 4.18 Å². The van der Waals surface area contributed by atoms with Gasteiger partial charge in [-0.15, -0.1) is 0 Å². The number of nitrogens with zero attached hydrogens (tertiary/aromatic N) is 4. The minimum Gasteiger partial charge on any atom is -0.356 e. The molecule has 0 atom stereocenters. The van der Waals surface area contributed by atoms with E-state index in [9.17, 15) is 26.4 Å². The lowest BCUT2D eigenvalue weighted by atomic mass is 10.2. The van der Waals surface area contributed by atoms with Crippen LogP contribution in [0.2, 0.25) is 0 Å². The summed E-state index contributed by atoms with van der Waals surface area (Å²) in [7, 11) is -5.66. The number of alkyl halides is 3. The standard InChI is InChI=1S/C11H17F3N2O3S.C10H18N2O/c1-3-5-7-16-10(8-9(15-16)6-4-2)19-20(17,18)11(12,13)14;1-3-5-7-12-10(13)8-9(11-12)6-4-2/h8H,3-7H2,1-2H3;3-8H2,1-2H3. The Bertz CT molecular complexity index is 883. The van der Waals surface area contributed by atoms with Gasteiger partial charge in [0.2, 0.25) is 11.8 Å². The van der Waals surface area contributed by atoms with Crippen LogP contribution in [0.4, 0.5) is 13.2 Å². The Kier molecular flexibility index (Phi) is 11.9. The average Bonchev–Trinajstić information content (AvgIpc) is 3.26. The first-order valence-electron chi connectivity index (χ1n) is 11.4. The van der Waals surface area contributed by atoms with E-state index in [0.717, 1.165) is 55.5 Å². The Morgan fingerprint density at radius 1 is 1.00 bits per heavy atom. The van der Waals surface area contributed by atoms with Crippen LogP contribution >= 0.6 is 0 Å². The number of rotatable bonds is 12. The van der Waals surface area contributed by atoms with E-state index in [1.54, 1.807) is 5.01 Å². The highest BCUT2D eigenvalue weighted by Gasteiger charge is 2.49. The summed E-state index contributed by atoms with van der Waals surface area (Å²) in [4.78, 5) is 11.4. The van der Waals surface area contributed by atoms with Crippen LogP contribution in [0.5, 0.6) is 5.88 Å². The van der Waals surface area contributed by atoms with Gasteiger partial charge in [-0.3, -0.25) is 4.79 Å². The number of hydrazone groups is 1. The Balaban J connectivity index is 0.000000361. The van der Waals surface area contributed by atoms with E-state index in [0.29, 0.717) is 31.5 Å². The van der Waals surface area contributed by atoms with Gasteiger partial charge in [-0.25, -0.2) is 9.69 Å². The molecule has 2 rings (SSSR count). The largest absolute Gasteiger partial charge is 0.534 e. The first kappa shape index (κ1) is 28.9. The molecule has 1 aromatic heterocycles. The molecule has 0 aliphatic carbocycles. The monoisotopic (exact) mass is 496 g/mol. The van der Waals surface area contributed by atoms with Gasteiger partial charge in [-0.1, -0.05) is 53.4 Å². The van der Waals surface area contributed by atoms with Crippen LogP contribution in [-0.4, -0.2) is 46.9 Å². The van der Waals surface area contributed by atoms with Crippen LogP contribution in [-0.2, 0) is 27.9 Å². The maximum absolute atomic E-state index is 12.3. The number of aryl methyl sites for hydroxylation is 2. The SMILES string of the molecule is CCCCN1N=C(CCC)CC1=O.CCCCn1nc(CCC)cc1OS(=O)(=O)C(F)(F)F. The predicted molar refractivity (Wildman–Crippen MR) is 120 cm³/mol. The number of unbranched alkanes of at least 4 members (excludes halogenated alkanes) is 2. The Hall–Kier alpha value is -2.11. The average molecular weight is 497 g/mol. The minimum absolute atomic E-state index is 0.178. The highest BCUT2D eigenvalue weighted by atomic mass is 32.2. The molecule has 8 nitrogen and oxygen atoms in total. The molecule has 2 heterocycles. The molecule has 0 fully saturated rings. The van der Waals surface area contributed by atoms with E-state index in [-0.39, 0.29) is 11.8 Å². The first-order valence-corrected chi connectivity index (χ1v) is 12.8. The quantitative estimate of drug-likeness (QED) is 0.299. The zero-order chi connectivity index (χ0) is 25.1. The second-order valence-electron chi connectivity index (χ2n) is 7.75. The fourth-order valence-electron chi connectivity index (χ4n) is 2.96. The molecule has 0 saturated carbocycles. The van der Waals surface area contributed by atoms with E-state index < -0.39 is 15.6 Å². The summed E-state index contributed by atoms with van der Waals surface area (Å²) in [5.74, 6) is -0.212. The Morgan fingerprint density at radius 2 is 1.61 bits per heavy atom. The van der Waals surface area contributed by atoms with Gasteiger partial charge in [0.1, 0.15) is 0 Å². The van der Waals surface area contributed by atoms with Crippen molar-refractivity contribution in [1.82, 2.24) is 14.8 Å². The molecule has 0 N–H and O–H groups in total. The molecular formula is C21H35F3N4O4S. The van der Waals surface area contributed by atoms with Crippen molar-refractivity contribution >= 4 is 21.7 Å². The highest BCUT2D eigenvalue weighted by molar-refractivity contribution is 7.87. The number of carbonyl (C=O) groups is 1. The van der Waals surface area contributed by atoms with Crippen molar-refractivity contribution < 1.29 is 30.6 Å². The number of amides is 1. The molecule has 1 amide bonds. The zero-order valence-electron chi connectivity index (χ0n) is 19.8. The maximum Gasteiger partial charge on any atom is 0.534 e. The number of halogens is 3. The normalized spacial score (nSPS) is 14.2. The van der Waals surface area contributed by atoms with Crippen LogP contribution in [0.1, 0.15) is 84.8 Å². The number of carbonyl (C=O) groups excluding carboxylic acids is 1. The van der Waals surface area contributed by atoms with Crippen molar-refractivity contribution in [3.05, 3.63) is 11.8 Å². The lowest BCUT2D eigenvalue weighted by Crippen LogP contribution is -2.28. The fourth-order valence-corrected chi connectivity index (χ4v) is 3.41. The number of hydrogen-bond donors (Lipinski definition) is 0. The molecule has 1 aromatic rings. The van der Waals surface area contributed by atoms with E-state index in [1.165, 1.54) is 6.07 Å². The summed E-state index contributed by atoms with van der Waals surface area (Å²) in [6, 6.07) is 1.24. The van der Waals surface area contributed by atoms with Crippen molar-refractivity contribution in [1.29, 1.82) is 0 Å². The topological polar surface area (TPSA) is 93.9 Å². The molecule has 12 heteroatoms. The van der Waals surface area contributed by atoms with Crippen LogP contribution in [0.25, 0.3) is 0 Å². The van der Waals surface area contributed by atoms with Crippen LogP contribution < -0.4 is 4.18 Å². The lowest BCUT2D eigenvalue weighted by molar-refractivity contribution is -0.128. The second-order valence-corrected chi connectivity index (χ2v) is 9.29. The summed E-state index contributed by atoms with van der Waals surface area (Å²) in [6.07, 6.45) is 7.51. The summed E-state index contributed by atoms with van der Waals surface area (Å²) >= 11 is 0. The van der Waals surface area contributed by atoms with Gasteiger partial charge in [0.25, 0.3) is 0 Å². The summed E-state index contributed by atoms with van der Waals surface area (Å²) < 4.78 is 64.3. The Labute approximate surface area is 194 Å². The molecule has 0 bridgehead atoms. The Morgan fingerprint density at radius 3 is 2.15 bits per heavy atom. The smallest absolute Gasteiger partial charge is 0.356 e. The van der Waals surface area contributed by atoms with Gasteiger partial charge in [0.05, 0.1) is 12.1 Å². The van der Waals surface area contributed by atoms with E-state index in [2.05, 4.69) is 28.2 Å². The summed E-state index contributed by atoms with van der Waals surface area (Å²) in [5.41, 5.74) is -3.88. The van der Waals surface area contributed by atoms with Gasteiger partial charge in [-0.05, 0) is 25.7 Å². The number of aromatic nitrogens is 2. The van der Waals surface area contributed by atoms with Crippen molar-refractivity contribution in [3.8, 4) is 5.88 Å². The van der Waals surface area contributed by atoms with Gasteiger partial charge >= 0.3 is 15.6 Å². The van der Waals surface area contributed by atoms with Crippen molar-refractivity contribution in [2.45, 2.75) is 97.5 Å². The fraction of sp³-hybridized carbons (Fsp3) is 0.762. The minimum atomic E-state index is -5.66. The molecule has 0 spiro atoms. The molecule has 1 aliphatic rings. The molecule has 1 aliphatic heterocycles. The lowest BCUT2D eigenvalue weighted by Gasteiger charge is -2.10. The van der Waals surface area contributed by atoms with E-state index >= 15 is 0 Å². The van der Waals surface area contributed by atoms with Gasteiger partial charge in [0.15, 0.2) is 0 Å². The van der Waals surface area contributed by atoms with Crippen molar-refractivity contribution in [2.75, 3.05) is 6.54 Å². The van der Waals surface area contributed by atoms with Crippen LogP contribution in [0.15, 0.2) is 11.2 Å². The maximum atomic E-state index is 12.3. The molecular weight excluding hydrogens is 461 g/mol. The van der Waals surface area contributed by atoms with E-state index in [4.69, 9.17) is 0 Å². The predicted octanol–water partition coefficient (Wildman–Crippen LogP) is 5.04. The van der Waals surface area contributed by atoms with Crippen molar-refractivity contribution in [2.24, 2.45) is 5.10 Å². The number of hydrogen-bond acceptors (Lipinski definition) is 6. The molecule has 0 aromatic carbocycles. The summed E-state index contributed by atoms with van der Waals surface area (Å²) in [6.45, 7) is 9.13. The second kappa shape index (κ2) is 13.6. The molecule has 0 radical (unpaired) electrons. The van der Waals surface area contributed by atoms with Gasteiger partial charge in [-0.2, -0.15) is 31.8 Å². The molecule has 190 valence electrons. The first-order chi connectivity index (χ1) is 15.5. The highest BCUT2D eigenvalue weighted by Crippen LogP contribution is 2.27. The van der Waals surface area contributed by atoms with Crippen LogP contribution in [0, 0.1) is 0 Å². The molecule has 0 unspecified atom stereocenters. The summed E-state index contributed by atoms with van der Waals surface area (Å²) in [5, 5.41) is 9.99. The van der Waals surface area contributed by atoms with Crippen molar-refractivity contribution in [3.63, 3.8) is 0 Å². The third-order valence-electron chi connectivity index (χ3n) is 4.67. The molecule has 0 saturated heterocycles. The third-order valence-corrected chi connectivity index (χ3v) is 5.63. The zero-order valence-corrected chi connectivity index (χ0v) is 20.6. The van der Waals surface area contributed by atoms with Crippen LogP contribution in [0.3, 0.4) is 0 Å². The van der Waals surface area contributed by atoms with Gasteiger partial charge in [0, 0.05) is 24.9 Å². The van der Waals surface area contributed by atoms with E-state index in [1.807, 2.05) is 13.8 Å². The third kappa shape index (κ3) is 9.34.